The number of hydrogen-bond donors (Lipinski definition) is 1. The zero-order chi connectivity index (χ0) is 17.2. The van der Waals surface area contributed by atoms with E-state index in [0.29, 0.717) is 17.9 Å². The van der Waals surface area contributed by atoms with Gasteiger partial charge in [-0.2, -0.15) is 0 Å². The number of rotatable bonds is 4. The number of imidazole rings is 1. The van der Waals surface area contributed by atoms with Gasteiger partial charge in [-0.05, 0) is 36.2 Å². The van der Waals surface area contributed by atoms with Gasteiger partial charge in [-0.1, -0.05) is 24.3 Å². The Kier molecular flexibility index (Phi) is 4.14. The summed E-state index contributed by atoms with van der Waals surface area (Å²) >= 11 is 0. The lowest BCUT2D eigenvalue weighted by molar-refractivity contribution is 0.0924. The molecule has 0 saturated carbocycles. The van der Waals surface area contributed by atoms with Gasteiger partial charge in [0.2, 0.25) is 0 Å². The van der Waals surface area contributed by atoms with Gasteiger partial charge >= 0.3 is 0 Å². The van der Waals surface area contributed by atoms with E-state index in [9.17, 15) is 4.79 Å². The van der Waals surface area contributed by atoms with Crippen molar-refractivity contribution in [2.24, 2.45) is 0 Å². The second-order valence-corrected chi connectivity index (χ2v) is 6.33. The van der Waals surface area contributed by atoms with Crippen molar-refractivity contribution in [3.8, 4) is 5.75 Å². The molecule has 0 saturated heterocycles. The van der Waals surface area contributed by atoms with Crippen LogP contribution in [0.3, 0.4) is 0 Å². The van der Waals surface area contributed by atoms with E-state index in [-0.39, 0.29) is 11.9 Å². The molecule has 1 aliphatic rings. The largest absolute Gasteiger partial charge is 0.493 e. The summed E-state index contributed by atoms with van der Waals surface area (Å²) in [6.07, 6.45) is 5.57. The third-order valence-corrected chi connectivity index (χ3v) is 4.66. The second-order valence-electron chi connectivity index (χ2n) is 6.33. The smallest absolute Gasteiger partial charge is 0.255 e. The monoisotopic (exact) mass is 335 g/mol. The lowest BCUT2D eigenvalue weighted by atomic mass is 10.0. The Balaban J connectivity index is 1.59. The minimum atomic E-state index is -0.0808. The average Bonchev–Trinajstić information content (AvgIpc) is 3.09. The van der Waals surface area contributed by atoms with Gasteiger partial charge in [0.15, 0.2) is 0 Å². The fourth-order valence-corrected chi connectivity index (χ4v) is 3.42. The first-order chi connectivity index (χ1) is 12.2. The van der Waals surface area contributed by atoms with Crippen LogP contribution < -0.4 is 10.1 Å². The summed E-state index contributed by atoms with van der Waals surface area (Å²) < 4.78 is 7.83. The molecule has 3 aromatic rings. The number of aromatic nitrogens is 2. The molecule has 2 aromatic carbocycles. The first-order valence-electron chi connectivity index (χ1n) is 8.71. The molecular weight excluding hydrogens is 314 g/mol. The summed E-state index contributed by atoms with van der Waals surface area (Å²) in [7, 11) is 0. The molecule has 2 heterocycles. The average molecular weight is 335 g/mol. The maximum absolute atomic E-state index is 12.9. The van der Waals surface area contributed by atoms with Crippen LogP contribution in [0, 0.1) is 0 Å². The summed E-state index contributed by atoms with van der Waals surface area (Å²) in [5.41, 5.74) is 0.594. The first kappa shape index (κ1) is 15.7. The fourth-order valence-electron chi connectivity index (χ4n) is 3.42. The Morgan fingerprint density at radius 3 is 2.92 bits per heavy atom. The van der Waals surface area contributed by atoms with Gasteiger partial charge in [0, 0.05) is 31.4 Å². The van der Waals surface area contributed by atoms with Crippen LogP contribution in [0.15, 0.2) is 48.8 Å². The summed E-state index contributed by atoms with van der Waals surface area (Å²) in [5, 5.41) is 5.27. The van der Waals surface area contributed by atoms with E-state index < -0.39 is 0 Å². The SMILES string of the molecule is CCOc1cc2ccccc2cc1C(=O)N[C@@H]1CCc2nccn2C1. The number of benzene rings is 2. The molecule has 0 fully saturated rings. The normalized spacial score (nSPS) is 16.4. The predicted molar refractivity (Wildman–Crippen MR) is 96.9 cm³/mol. The molecule has 0 spiro atoms. The highest BCUT2D eigenvalue weighted by Gasteiger charge is 2.22. The van der Waals surface area contributed by atoms with Crippen LogP contribution >= 0.6 is 0 Å². The Morgan fingerprint density at radius 1 is 1.32 bits per heavy atom. The van der Waals surface area contributed by atoms with Crippen molar-refractivity contribution >= 4 is 16.7 Å². The van der Waals surface area contributed by atoms with Gasteiger partial charge in [0.25, 0.3) is 5.91 Å². The number of ether oxygens (including phenoxy) is 1. The number of nitrogens with one attached hydrogen (secondary N) is 1. The van der Waals surface area contributed by atoms with Gasteiger partial charge in [-0.15, -0.1) is 0 Å². The van der Waals surface area contributed by atoms with Gasteiger partial charge in [0.05, 0.1) is 12.2 Å². The zero-order valence-electron chi connectivity index (χ0n) is 14.2. The van der Waals surface area contributed by atoms with Crippen LogP contribution in [0.2, 0.25) is 0 Å². The van der Waals surface area contributed by atoms with Crippen LogP contribution in [0.25, 0.3) is 10.8 Å². The topological polar surface area (TPSA) is 56.1 Å². The van der Waals surface area contributed by atoms with E-state index in [2.05, 4.69) is 14.9 Å². The minimum absolute atomic E-state index is 0.0808. The molecule has 1 aromatic heterocycles. The number of fused-ring (bicyclic) bond motifs is 2. The summed E-state index contributed by atoms with van der Waals surface area (Å²) in [6, 6.07) is 12.0. The second kappa shape index (κ2) is 6.59. The van der Waals surface area contributed by atoms with Crippen molar-refractivity contribution in [3.63, 3.8) is 0 Å². The van der Waals surface area contributed by atoms with Crippen LogP contribution in [0.5, 0.6) is 5.75 Å². The molecule has 0 radical (unpaired) electrons. The third-order valence-electron chi connectivity index (χ3n) is 4.66. The Morgan fingerprint density at radius 2 is 2.12 bits per heavy atom. The van der Waals surface area contributed by atoms with Gasteiger partial charge < -0.3 is 14.6 Å². The molecule has 5 heteroatoms. The van der Waals surface area contributed by atoms with Crippen molar-refractivity contribution in [1.29, 1.82) is 0 Å². The van der Waals surface area contributed by atoms with E-state index >= 15 is 0 Å². The molecule has 1 amide bonds. The molecule has 1 aliphatic heterocycles. The van der Waals surface area contributed by atoms with Gasteiger partial charge in [0.1, 0.15) is 11.6 Å². The highest BCUT2D eigenvalue weighted by Crippen LogP contribution is 2.26. The maximum atomic E-state index is 12.9. The van der Waals surface area contributed by atoms with Gasteiger partial charge in [-0.3, -0.25) is 4.79 Å². The summed E-state index contributed by atoms with van der Waals surface area (Å²) in [6.45, 7) is 3.22. The van der Waals surface area contributed by atoms with E-state index in [0.717, 1.165) is 36.0 Å². The molecule has 0 unspecified atom stereocenters. The number of carbonyl (C=O) groups excluding carboxylic acids is 1. The Labute approximate surface area is 146 Å². The van der Waals surface area contributed by atoms with Crippen molar-refractivity contribution in [1.82, 2.24) is 14.9 Å². The summed E-state index contributed by atoms with van der Waals surface area (Å²) in [5.74, 6) is 1.65. The molecular formula is C20H21N3O2. The van der Waals surface area contributed by atoms with Crippen molar-refractivity contribution in [3.05, 3.63) is 60.2 Å². The Hall–Kier alpha value is -2.82. The molecule has 25 heavy (non-hydrogen) atoms. The number of carbonyl (C=O) groups is 1. The third kappa shape index (κ3) is 3.09. The van der Waals surface area contributed by atoms with E-state index in [1.54, 1.807) is 0 Å². The highest BCUT2D eigenvalue weighted by atomic mass is 16.5. The molecule has 1 atom stereocenters. The van der Waals surface area contributed by atoms with Crippen molar-refractivity contribution in [2.75, 3.05) is 6.61 Å². The van der Waals surface area contributed by atoms with Crippen molar-refractivity contribution < 1.29 is 9.53 Å². The van der Waals surface area contributed by atoms with Crippen LogP contribution in [0.4, 0.5) is 0 Å². The lowest BCUT2D eigenvalue weighted by Gasteiger charge is -2.25. The fraction of sp³-hybridized carbons (Fsp3) is 0.300. The first-order valence-corrected chi connectivity index (χ1v) is 8.71. The standard InChI is InChI=1S/C20H21N3O2/c1-2-25-18-12-15-6-4-3-5-14(15)11-17(18)20(24)22-16-7-8-19-21-9-10-23(19)13-16/h3-6,9-12,16H,2,7-8,13H2,1H3,(H,22,24)/t16-/m1/s1. The maximum Gasteiger partial charge on any atom is 0.255 e. The number of hydrogen-bond acceptors (Lipinski definition) is 3. The van der Waals surface area contributed by atoms with E-state index in [4.69, 9.17) is 4.74 Å². The molecule has 4 rings (SSSR count). The number of nitrogens with zero attached hydrogens (tertiary/aromatic N) is 2. The van der Waals surface area contributed by atoms with Gasteiger partial charge in [-0.25, -0.2) is 4.98 Å². The number of amides is 1. The van der Waals surface area contributed by atoms with Crippen molar-refractivity contribution in [2.45, 2.75) is 32.4 Å². The molecule has 5 nitrogen and oxygen atoms in total. The molecule has 1 N–H and O–H groups in total. The molecule has 0 aliphatic carbocycles. The Bertz CT molecular complexity index is 916. The zero-order valence-corrected chi connectivity index (χ0v) is 14.2. The minimum Gasteiger partial charge on any atom is -0.493 e. The molecule has 0 bridgehead atoms. The quantitative estimate of drug-likeness (QED) is 0.797. The molecule has 128 valence electrons. The lowest BCUT2D eigenvalue weighted by Crippen LogP contribution is -2.41. The highest BCUT2D eigenvalue weighted by molar-refractivity contribution is 6.01. The summed E-state index contributed by atoms with van der Waals surface area (Å²) in [4.78, 5) is 17.2. The predicted octanol–water partition coefficient (Wildman–Crippen LogP) is 3.18. The van der Waals surface area contributed by atoms with Crippen LogP contribution in [0.1, 0.15) is 29.5 Å². The number of aryl methyl sites for hydroxylation is 1. The van der Waals surface area contributed by atoms with E-state index in [1.807, 2.05) is 55.7 Å². The van der Waals surface area contributed by atoms with Crippen LogP contribution in [-0.2, 0) is 13.0 Å². The van der Waals surface area contributed by atoms with Crippen LogP contribution in [-0.4, -0.2) is 28.1 Å². The van der Waals surface area contributed by atoms with E-state index in [1.165, 1.54) is 0 Å².